The highest BCUT2D eigenvalue weighted by Gasteiger charge is 2.27. The lowest BCUT2D eigenvalue weighted by molar-refractivity contribution is 0.272. The molecule has 5 nitrogen and oxygen atoms in total. The maximum atomic E-state index is 4.63. The smallest absolute Gasteiger partial charge is 0.146 e. The highest BCUT2D eigenvalue weighted by Crippen LogP contribution is 2.38. The fourth-order valence-electron chi connectivity index (χ4n) is 2.34. The van der Waals surface area contributed by atoms with Crippen LogP contribution in [0.2, 0.25) is 0 Å². The molecule has 2 heterocycles. The first-order valence-electron chi connectivity index (χ1n) is 6.93. The van der Waals surface area contributed by atoms with Crippen molar-refractivity contribution in [1.82, 2.24) is 15.0 Å². The Morgan fingerprint density at radius 2 is 1.83 bits per heavy atom. The number of aromatic nitrogens is 2. The molecule has 1 aliphatic carbocycles. The molecule has 1 saturated carbocycles. The molecular formula is C13H21N5. The van der Waals surface area contributed by atoms with Crippen molar-refractivity contribution in [3.63, 3.8) is 0 Å². The summed E-state index contributed by atoms with van der Waals surface area (Å²) in [6, 6.07) is 1.99. The number of hydrogen-bond donors (Lipinski definition) is 2. The van der Waals surface area contributed by atoms with Crippen LogP contribution in [-0.2, 0) is 0 Å². The van der Waals surface area contributed by atoms with Crippen molar-refractivity contribution >= 4 is 11.6 Å². The second kappa shape index (κ2) is 5.10. The number of nitrogens with one attached hydrogen (secondary N) is 2. The Balaban J connectivity index is 1.74. The molecule has 0 atom stereocenters. The van der Waals surface area contributed by atoms with Crippen LogP contribution in [0.25, 0.3) is 0 Å². The lowest BCUT2D eigenvalue weighted by Crippen LogP contribution is -2.35. The van der Waals surface area contributed by atoms with Crippen molar-refractivity contribution in [2.24, 2.45) is 0 Å². The van der Waals surface area contributed by atoms with Crippen LogP contribution in [0.4, 0.5) is 11.6 Å². The van der Waals surface area contributed by atoms with Crippen LogP contribution in [0.5, 0.6) is 0 Å². The van der Waals surface area contributed by atoms with E-state index < -0.39 is 0 Å². The number of anilines is 2. The first kappa shape index (κ1) is 11.7. The fourth-order valence-corrected chi connectivity index (χ4v) is 2.34. The summed E-state index contributed by atoms with van der Waals surface area (Å²) in [7, 11) is 1.91. The van der Waals surface area contributed by atoms with E-state index in [0.29, 0.717) is 5.92 Å². The zero-order valence-corrected chi connectivity index (χ0v) is 10.9. The van der Waals surface area contributed by atoms with Crippen molar-refractivity contribution < 1.29 is 0 Å². The van der Waals surface area contributed by atoms with Gasteiger partial charge in [-0.15, -0.1) is 0 Å². The molecule has 0 spiro atoms. The summed E-state index contributed by atoms with van der Waals surface area (Å²) in [5, 5.41) is 5.38. The van der Waals surface area contributed by atoms with E-state index in [0.717, 1.165) is 30.5 Å². The van der Waals surface area contributed by atoms with Crippen LogP contribution in [0.15, 0.2) is 6.07 Å². The van der Waals surface area contributed by atoms with E-state index in [-0.39, 0.29) is 0 Å². The van der Waals surface area contributed by atoms with E-state index in [4.69, 9.17) is 0 Å². The first-order valence-corrected chi connectivity index (χ1v) is 6.93. The third-order valence-corrected chi connectivity index (χ3v) is 3.57. The SMILES string of the molecule is CNc1cc(NN2CCCCC2)nc(C2CC2)n1. The van der Waals surface area contributed by atoms with Gasteiger partial charge in [-0.05, 0) is 25.7 Å². The van der Waals surface area contributed by atoms with Gasteiger partial charge >= 0.3 is 0 Å². The predicted molar refractivity (Wildman–Crippen MR) is 72.6 cm³/mol. The van der Waals surface area contributed by atoms with Crippen LogP contribution in [-0.4, -0.2) is 35.1 Å². The highest BCUT2D eigenvalue weighted by molar-refractivity contribution is 5.47. The minimum Gasteiger partial charge on any atom is -0.373 e. The van der Waals surface area contributed by atoms with Gasteiger partial charge in [-0.2, -0.15) is 0 Å². The Hall–Kier alpha value is -1.36. The summed E-state index contributed by atoms with van der Waals surface area (Å²) in [4.78, 5) is 9.16. The van der Waals surface area contributed by atoms with Gasteiger partial charge in [0.05, 0.1) is 0 Å². The topological polar surface area (TPSA) is 53.1 Å². The third kappa shape index (κ3) is 2.72. The summed E-state index contributed by atoms with van der Waals surface area (Å²) in [6.45, 7) is 2.22. The van der Waals surface area contributed by atoms with Crippen LogP contribution in [0, 0.1) is 0 Å². The quantitative estimate of drug-likeness (QED) is 0.854. The zero-order valence-electron chi connectivity index (χ0n) is 10.9. The van der Waals surface area contributed by atoms with Gasteiger partial charge in [0.1, 0.15) is 17.5 Å². The largest absolute Gasteiger partial charge is 0.373 e. The van der Waals surface area contributed by atoms with E-state index in [1.807, 2.05) is 13.1 Å². The average Bonchev–Trinajstić information content (AvgIpc) is 3.24. The van der Waals surface area contributed by atoms with Crippen molar-refractivity contribution in [3.05, 3.63) is 11.9 Å². The number of rotatable bonds is 4. The van der Waals surface area contributed by atoms with Crippen molar-refractivity contribution in [2.75, 3.05) is 30.9 Å². The van der Waals surface area contributed by atoms with Gasteiger partial charge in [0.25, 0.3) is 0 Å². The monoisotopic (exact) mass is 247 g/mol. The van der Waals surface area contributed by atoms with Crippen LogP contribution in [0.3, 0.4) is 0 Å². The molecule has 3 rings (SSSR count). The van der Waals surface area contributed by atoms with Gasteiger partial charge in [-0.1, -0.05) is 6.42 Å². The highest BCUT2D eigenvalue weighted by atomic mass is 15.5. The Kier molecular flexibility index (Phi) is 3.32. The Bertz CT molecular complexity index is 410. The standard InChI is InChI=1S/C13H21N5/c1-14-11-9-12(16-13(15-11)10-5-6-10)17-18-7-3-2-4-8-18/h9-10H,2-8H2,1H3,(H2,14,15,16,17). The molecule has 0 aromatic carbocycles. The van der Waals surface area contributed by atoms with E-state index >= 15 is 0 Å². The molecule has 0 amide bonds. The van der Waals surface area contributed by atoms with Gasteiger partial charge in [0, 0.05) is 32.1 Å². The third-order valence-electron chi connectivity index (χ3n) is 3.57. The second-order valence-corrected chi connectivity index (χ2v) is 5.18. The van der Waals surface area contributed by atoms with Gasteiger partial charge in [0.15, 0.2) is 0 Å². The number of hydrogen-bond acceptors (Lipinski definition) is 5. The molecule has 5 heteroatoms. The molecular weight excluding hydrogens is 226 g/mol. The van der Waals surface area contributed by atoms with Crippen molar-refractivity contribution in [1.29, 1.82) is 0 Å². The maximum absolute atomic E-state index is 4.63. The molecule has 1 aromatic rings. The number of piperidine rings is 1. The normalized spacial score (nSPS) is 20.7. The lowest BCUT2D eigenvalue weighted by Gasteiger charge is -2.27. The number of hydrazine groups is 1. The Morgan fingerprint density at radius 1 is 1.11 bits per heavy atom. The molecule has 1 aromatic heterocycles. The van der Waals surface area contributed by atoms with Gasteiger partial charge in [-0.3, -0.25) is 0 Å². The maximum Gasteiger partial charge on any atom is 0.146 e. The van der Waals surface area contributed by atoms with E-state index in [2.05, 4.69) is 25.7 Å². The Labute approximate surface area is 108 Å². The lowest BCUT2D eigenvalue weighted by atomic mass is 10.2. The fraction of sp³-hybridized carbons (Fsp3) is 0.692. The molecule has 1 saturated heterocycles. The number of nitrogens with zero attached hydrogens (tertiary/aromatic N) is 3. The predicted octanol–water partition coefficient (Wildman–Crippen LogP) is 2.21. The van der Waals surface area contributed by atoms with Crippen LogP contribution < -0.4 is 10.7 Å². The second-order valence-electron chi connectivity index (χ2n) is 5.18. The molecule has 18 heavy (non-hydrogen) atoms. The van der Waals surface area contributed by atoms with Crippen LogP contribution >= 0.6 is 0 Å². The summed E-state index contributed by atoms with van der Waals surface area (Å²) >= 11 is 0. The molecule has 0 unspecified atom stereocenters. The summed E-state index contributed by atoms with van der Waals surface area (Å²) in [6.07, 6.45) is 6.35. The molecule has 2 aliphatic rings. The van der Waals surface area contributed by atoms with Gasteiger partial charge in [0.2, 0.25) is 0 Å². The molecule has 1 aliphatic heterocycles. The minimum absolute atomic E-state index is 0.584. The summed E-state index contributed by atoms with van der Waals surface area (Å²) in [5.41, 5.74) is 3.42. The van der Waals surface area contributed by atoms with Crippen molar-refractivity contribution in [2.45, 2.75) is 38.0 Å². The summed E-state index contributed by atoms with van der Waals surface area (Å²) < 4.78 is 0. The molecule has 98 valence electrons. The Morgan fingerprint density at radius 3 is 2.50 bits per heavy atom. The molecule has 0 bridgehead atoms. The van der Waals surface area contributed by atoms with Gasteiger partial charge in [-0.25, -0.2) is 15.0 Å². The molecule has 2 N–H and O–H groups in total. The van der Waals surface area contributed by atoms with Crippen LogP contribution in [0.1, 0.15) is 43.8 Å². The van der Waals surface area contributed by atoms with Gasteiger partial charge < -0.3 is 10.7 Å². The summed E-state index contributed by atoms with van der Waals surface area (Å²) in [5.74, 6) is 3.41. The van der Waals surface area contributed by atoms with E-state index in [1.165, 1.54) is 32.1 Å². The zero-order chi connectivity index (χ0) is 12.4. The average molecular weight is 247 g/mol. The van der Waals surface area contributed by atoms with Crippen molar-refractivity contribution in [3.8, 4) is 0 Å². The van der Waals surface area contributed by atoms with E-state index in [1.54, 1.807) is 0 Å². The first-order chi connectivity index (χ1) is 8.85. The molecule has 2 fully saturated rings. The van der Waals surface area contributed by atoms with E-state index in [9.17, 15) is 0 Å². The minimum atomic E-state index is 0.584. The molecule has 0 radical (unpaired) electrons.